The summed E-state index contributed by atoms with van der Waals surface area (Å²) < 4.78 is 6.87. The maximum Gasteiger partial charge on any atom is 0.255 e. The van der Waals surface area contributed by atoms with Crippen molar-refractivity contribution in [2.24, 2.45) is 0 Å². The van der Waals surface area contributed by atoms with Gasteiger partial charge in [0.2, 0.25) is 0 Å². The van der Waals surface area contributed by atoms with Crippen molar-refractivity contribution in [2.45, 2.75) is 19.2 Å². The zero-order valence-electron chi connectivity index (χ0n) is 11.4. The summed E-state index contributed by atoms with van der Waals surface area (Å²) in [7, 11) is 1.57. The Bertz CT molecular complexity index is 682. The monoisotopic (exact) mass is 309 g/mol. The number of ether oxygens (including phenoxy) is 1. The minimum atomic E-state index is -0.00746. The minimum Gasteiger partial charge on any atom is -0.495 e. The number of thiol groups is 1. The Hall–Kier alpha value is -1.39. The Morgan fingerprint density at radius 1 is 1.30 bits per heavy atom. The van der Waals surface area contributed by atoms with E-state index >= 15 is 0 Å². The molecule has 1 heterocycles. The van der Waals surface area contributed by atoms with Crippen LogP contribution >= 0.6 is 24.2 Å². The molecule has 0 amide bonds. The normalized spacial score (nSPS) is 10.6. The summed E-state index contributed by atoms with van der Waals surface area (Å²) in [6.07, 6.45) is 0. The Labute approximate surface area is 128 Å². The number of hydrogen-bond donors (Lipinski definition) is 1. The number of aromatic nitrogens is 1. The van der Waals surface area contributed by atoms with E-state index in [0.717, 1.165) is 11.3 Å². The third-order valence-electron chi connectivity index (χ3n) is 3.19. The lowest BCUT2D eigenvalue weighted by molar-refractivity contribution is 0.415. The van der Waals surface area contributed by atoms with E-state index in [1.54, 1.807) is 17.7 Å². The van der Waals surface area contributed by atoms with Crippen LogP contribution in [0, 0.1) is 0 Å². The van der Waals surface area contributed by atoms with Gasteiger partial charge in [-0.2, -0.15) is 12.6 Å². The predicted octanol–water partition coefficient (Wildman–Crippen LogP) is 3.63. The molecule has 0 atom stereocenters. The van der Waals surface area contributed by atoms with Gasteiger partial charge in [0.05, 0.1) is 17.8 Å². The fraction of sp³-hybridized carbons (Fsp3) is 0.267. The Morgan fingerprint density at radius 3 is 2.60 bits per heavy atom. The van der Waals surface area contributed by atoms with E-state index in [1.165, 1.54) is 0 Å². The molecule has 0 unspecified atom stereocenters. The van der Waals surface area contributed by atoms with E-state index in [4.69, 9.17) is 16.3 Å². The Kier molecular flexibility index (Phi) is 4.78. The van der Waals surface area contributed by atoms with E-state index in [0.29, 0.717) is 28.6 Å². The van der Waals surface area contributed by atoms with Crippen LogP contribution in [0.2, 0.25) is 5.02 Å². The van der Waals surface area contributed by atoms with Crippen molar-refractivity contribution in [3.63, 3.8) is 0 Å². The van der Waals surface area contributed by atoms with Crippen LogP contribution in [0.1, 0.15) is 12.5 Å². The van der Waals surface area contributed by atoms with Crippen LogP contribution in [0.15, 0.2) is 35.1 Å². The van der Waals surface area contributed by atoms with Gasteiger partial charge in [0.15, 0.2) is 0 Å². The third-order valence-corrected chi connectivity index (χ3v) is 3.82. The van der Waals surface area contributed by atoms with Gasteiger partial charge in [-0.15, -0.1) is 0 Å². The third kappa shape index (κ3) is 2.72. The highest BCUT2D eigenvalue weighted by Gasteiger charge is 2.10. The maximum absolute atomic E-state index is 12.3. The number of hydrogen-bond acceptors (Lipinski definition) is 3. The summed E-state index contributed by atoms with van der Waals surface area (Å²) in [6.45, 7) is 2.54. The molecule has 1 aromatic heterocycles. The highest BCUT2D eigenvalue weighted by Crippen LogP contribution is 2.29. The first-order valence-electron chi connectivity index (χ1n) is 6.29. The Balaban J connectivity index is 2.61. The van der Waals surface area contributed by atoms with E-state index in [1.807, 2.05) is 31.2 Å². The average Bonchev–Trinajstić information content (AvgIpc) is 2.46. The molecule has 2 rings (SSSR count). The zero-order valence-corrected chi connectivity index (χ0v) is 13.0. The van der Waals surface area contributed by atoms with Crippen LogP contribution in [0.3, 0.4) is 0 Å². The van der Waals surface area contributed by atoms with Gasteiger partial charge in [-0.25, -0.2) is 0 Å². The highest BCUT2D eigenvalue weighted by molar-refractivity contribution is 7.79. The molecule has 0 spiro atoms. The minimum absolute atomic E-state index is 0.00746. The largest absolute Gasteiger partial charge is 0.495 e. The fourth-order valence-electron chi connectivity index (χ4n) is 2.14. The lowest BCUT2D eigenvalue weighted by Gasteiger charge is -2.13. The molecule has 2 aromatic rings. The first kappa shape index (κ1) is 15.0. The SMILES string of the molecule is CCn1c(-c2ccc(OC)c(Cl)c2)ccc(CS)c1=O. The number of pyridine rings is 1. The van der Waals surface area contributed by atoms with Crippen molar-refractivity contribution in [3.05, 3.63) is 51.3 Å². The van der Waals surface area contributed by atoms with Crippen LogP contribution in [0.5, 0.6) is 5.75 Å². The first-order valence-corrected chi connectivity index (χ1v) is 7.30. The molecule has 0 bridgehead atoms. The molecule has 0 aliphatic heterocycles. The smallest absolute Gasteiger partial charge is 0.255 e. The van der Waals surface area contributed by atoms with Crippen molar-refractivity contribution in [2.75, 3.05) is 7.11 Å². The first-order chi connectivity index (χ1) is 9.62. The van der Waals surface area contributed by atoms with Gasteiger partial charge in [-0.1, -0.05) is 17.7 Å². The molecule has 5 heteroatoms. The van der Waals surface area contributed by atoms with Crippen LogP contribution in [-0.4, -0.2) is 11.7 Å². The summed E-state index contributed by atoms with van der Waals surface area (Å²) in [5.74, 6) is 1.05. The van der Waals surface area contributed by atoms with Gasteiger partial charge in [-0.05, 0) is 36.8 Å². The molecule has 0 N–H and O–H groups in total. The standard InChI is InChI=1S/C15H16ClNO2S/c1-3-17-13(6-4-11(9-20)15(17)18)10-5-7-14(19-2)12(16)8-10/h4-8,20H,3,9H2,1-2H3. The van der Waals surface area contributed by atoms with Crippen molar-refractivity contribution < 1.29 is 4.74 Å². The molecule has 20 heavy (non-hydrogen) atoms. The van der Waals surface area contributed by atoms with Crippen molar-refractivity contribution in [3.8, 4) is 17.0 Å². The van der Waals surface area contributed by atoms with E-state index in [2.05, 4.69) is 12.6 Å². The number of nitrogens with zero attached hydrogens (tertiary/aromatic N) is 1. The molecule has 0 aliphatic carbocycles. The van der Waals surface area contributed by atoms with Crippen LogP contribution in [0.25, 0.3) is 11.3 Å². The van der Waals surface area contributed by atoms with Gasteiger partial charge in [-0.3, -0.25) is 4.79 Å². The second-order valence-corrected chi connectivity index (χ2v) is 5.02. The van der Waals surface area contributed by atoms with Gasteiger partial charge in [0, 0.05) is 17.9 Å². The van der Waals surface area contributed by atoms with Crippen molar-refractivity contribution in [1.29, 1.82) is 0 Å². The summed E-state index contributed by atoms with van der Waals surface area (Å²) >= 11 is 10.3. The number of methoxy groups -OCH3 is 1. The van der Waals surface area contributed by atoms with Crippen molar-refractivity contribution >= 4 is 24.2 Å². The molecule has 1 aromatic carbocycles. The topological polar surface area (TPSA) is 31.2 Å². The molecular weight excluding hydrogens is 294 g/mol. The highest BCUT2D eigenvalue weighted by atomic mass is 35.5. The average molecular weight is 310 g/mol. The van der Waals surface area contributed by atoms with Crippen LogP contribution in [0.4, 0.5) is 0 Å². The molecule has 0 saturated carbocycles. The number of halogens is 1. The molecule has 3 nitrogen and oxygen atoms in total. The van der Waals surface area contributed by atoms with Gasteiger partial charge >= 0.3 is 0 Å². The molecular formula is C15H16ClNO2S. The summed E-state index contributed by atoms with van der Waals surface area (Å²) in [5.41, 5.74) is 2.42. The number of benzene rings is 1. The van der Waals surface area contributed by atoms with Gasteiger partial charge in [0.25, 0.3) is 5.56 Å². The quantitative estimate of drug-likeness (QED) is 0.875. The fourth-order valence-corrected chi connectivity index (χ4v) is 2.63. The van der Waals surface area contributed by atoms with Gasteiger partial charge in [0.1, 0.15) is 5.75 Å². The maximum atomic E-state index is 12.3. The second kappa shape index (κ2) is 6.37. The van der Waals surface area contributed by atoms with Crippen LogP contribution < -0.4 is 10.3 Å². The van der Waals surface area contributed by atoms with E-state index in [9.17, 15) is 4.79 Å². The lowest BCUT2D eigenvalue weighted by atomic mass is 10.1. The molecule has 0 radical (unpaired) electrons. The Morgan fingerprint density at radius 2 is 2.05 bits per heavy atom. The summed E-state index contributed by atoms with van der Waals surface area (Å²) in [4.78, 5) is 12.3. The lowest BCUT2D eigenvalue weighted by Crippen LogP contribution is -2.23. The molecule has 106 valence electrons. The summed E-state index contributed by atoms with van der Waals surface area (Å²) in [5, 5.41) is 0.526. The van der Waals surface area contributed by atoms with E-state index in [-0.39, 0.29) is 5.56 Å². The second-order valence-electron chi connectivity index (χ2n) is 4.30. The molecule has 0 fully saturated rings. The van der Waals surface area contributed by atoms with Crippen molar-refractivity contribution in [1.82, 2.24) is 4.57 Å². The van der Waals surface area contributed by atoms with E-state index < -0.39 is 0 Å². The zero-order chi connectivity index (χ0) is 14.7. The molecule has 0 aliphatic rings. The number of rotatable bonds is 4. The summed E-state index contributed by atoms with van der Waals surface area (Å²) in [6, 6.07) is 9.24. The molecule has 0 saturated heterocycles. The predicted molar refractivity (Wildman–Crippen MR) is 86.1 cm³/mol. The van der Waals surface area contributed by atoms with Crippen LogP contribution in [-0.2, 0) is 12.3 Å². The van der Waals surface area contributed by atoms with Gasteiger partial charge < -0.3 is 9.30 Å².